The summed E-state index contributed by atoms with van der Waals surface area (Å²) >= 11 is 0. The Labute approximate surface area is 249 Å². The summed E-state index contributed by atoms with van der Waals surface area (Å²) in [4.78, 5) is 0. The van der Waals surface area contributed by atoms with Gasteiger partial charge in [0.25, 0.3) is 0 Å². The smallest absolute Gasteiger partial charge is 0.186 e. The normalized spacial score (nSPS) is 47.7. The Morgan fingerprint density at radius 2 is 1.71 bits per heavy atom. The highest BCUT2D eigenvalue weighted by atomic mass is 16.7. The third-order valence-electron chi connectivity index (χ3n) is 13.5. The summed E-state index contributed by atoms with van der Waals surface area (Å²) in [5.74, 6) is 5.66. The Kier molecular flexibility index (Phi) is 9.71. The first kappa shape index (κ1) is 31.9. The van der Waals surface area contributed by atoms with Gasteiger partial charge in [0.1, 0.15) is 24.4 Å². The molecule has 5 rings (SSSR count). The van der Waals surface area contributed by atoms with Crippen LogP contribution in [0.1, 0.15) is 112 Å². The van der Waals surface area contributed by atoms with Crippen LogP contribution in [0.4, 0.5) is 0 Å². The second-order valence-electron chi connectivity index (χ2n) is 15.7. The van der Waals surface area contributed by atoms with E-state index in [1.165, 1.54) is 56.9 Å². The molecule has 4 fully saturated rings. The number of allylic oxidation sites excluding steroid dienone is 1. The summed E-state index contributed by atoms with van der Waals surface area (Å²) in [7, 11) is 0. The summed E-state index contributed by atoms with van der Waals surface area (Å²) in [6.45, 7) is 14.5. The molecule has 6 nitrogen and oxygen atoms in total. The minimum absolute atomic E-state index is 0.101. The van der Waals surface area contributed by atoms with Crippen molar-refractivity contribution in [2.45, 2.75) is 149 Å². The molecule has 41 heavy (non-hydrogen) atoms. The molecule has 4 N–H and O–H groups in total. The van der Waals surface area contributed by atoms with E-state index in [0.717, 1.165) is 60.7 Å². The van der Waals surface area contributed by atoms with Crippen LogP contribution >= 0.6 is 0 Å². The molecule has 236 valence electrons. The summed E-state index contributed by atoms with van der Waals surface area (Å²) < 4.78 is 11.9. The highest BCUT2D eigenvalue weighted by molar-refractivity contribution is 5.25. The standard InChI is InChI=1S/C35H60O6/c1-7-22(20(2)3)9-8-21(4)26-12-13-27-25-11-10-23-18-24(14-16-34(23,5)28(25)15-17-35(26,27)6)40-33-32(39)31(38)30(37)29(19-36)41-33/h10,20-22,24-33,36-39H,7-9,11-19H2,1-6H3/t21-,22-,24+,25+,26-,27+,28+,29?,30-,31+,32?,33-,34+,35-/m1/s1. The van der Waals surface area contributed by atoms with E-state index in [1.807, 2.05) is 0 Å². The fraction of sp³-hybridized carbons (Fsp3) is 0.943. The maximum atomic E-state index is 10.5. The molecule has 0 radical (unpaired) electrons. The number of hydrogen-bond donors (Lipinski definition) is 4. The number of aliphatic hydroxyl groups excluding tert-OH is 4. The molecule has 2 unspecified atom stereocenters. The van der Waals surface area contributed by atoms with Crippen molar-refractivity contribution in [2.75, 3.05) is 6.61 Å². The van der Waals surface area contributed by atoms with Crippen LogP contribution in [0.3, 0.4) is 0 Å². The quantitative estimate of drug-likeness (QED) is 0.257. The van der Waals surface area contributed by atoms with Crippen LogP contribution < -0.4 is 0 Å². The molecule has 0 aromatic carbocycles. The maximum absolute atomic E-state index is 10.5. The lowest BCUT2D eigenvalue weighted by atomic mass is 9.47. The molecule has 0 spiro atoms. The Morgan fingerprint density at radius 3 is 2.39 bits per heavy atom. The van der Waals surface area contributed by atoms with Gasteiger partial charge in [-0.25, -0.2) is 0 Å². The number of aliphatic hydroxyl groups is 4. The van der Waals surface area contributed by atoms with E-state index in [9.17, 15) is 20.4 Å². The molecule has 1 saturated heterocycles. The predicted molar refractivity (Wildman–Crippen MR) is 161 cm³/mol. The third kappa shape index (κ3) is 5.73. The summed E-state index contributed by atoms with van der Waals surface area (Å²) in [6.07, 6.45) is 9.92. The highest BCUT2D eigenvalue weighted by Gasteiger charge is 2.59. The molecule has 0 bridgehead atoms. The van der Waals surface area contributed by atoms with Gasteiger partial charge in [0.05, 0.1) is 12.7 Å². The molecule has 0 aromatic heterocycles. The monoisotopic (exact) mass is 576 g/mol. The van der Waals surface area contributed by atoms with Crippen LogP contribution in [0.2, 0.25) is 0 Å². The molecule has 1 aliphatic heterocycles. The van der Waals surface area contributed by atoms with E-state index in [4.69, 9.17) is 9.47 Å². The van der Waals surface area contributed by atoms with Gasteiger partial charge in [0.2, 0.25) is 0 Å². The number of fused-ring (bicyclic) bond motifs is 5. The molecule has 0 aromatic rings. The highest BCUT2D eigenvalue weighted by Crippen LogP contribution is 2.67. The van der Waals surface area contributed by atoms with Gasteiger partial charge < -0.3 is 29.9 Å². The van der Waals surface area contributed by atoms with Crippen molar-refractivity contribution in [3.8, 4) is 0 Å². The summed E-state index contributed by atoms with van der Waals surface area (Å²) in [5, 5.41) is 40.4. The van der Waals surface area contributed by atoms with Crippen molar-refractivity contribution >= 4 is 0 Å². The van der Waals surface area contributed by atoms with Gasteiger partial charge in [-0.05, 0) is 110 Å². The van der Waals surface area contributed by atoms with Crippen LogP contribution in [0.15, 0.2) is 11.6 Å². The molecule has 14 atom stereocenters. The molecule has 4 aliphatic carbocycles. The number of ether oxygens (including phenoxy) is 2. The van der Waals surface area contributed by atoms with Crippen LogP contribution in [0.5, 0.6) is 0 Å². The Balaban J connectivity index is 1.24. The molecule has 3 saturated carbocycles. The Bertz CT molecular complexity index is 918. The molecular weight excluding hydrogens is 516 g/mol. The van der Waals surface area contributed by atoms with E-state index in [1.54, 1.807) is 0 Å². The first-order valence-corrected chi connectivity index (χ1v) is 17.1. The van der Waals surface area contributed by atoms with Crippen molar-refractivity contribution < 1.29 is 29.9 Å². The van der Waals surface area contributed by atoms with E-state index in [2.05, 4.69) is 47.6 Å². The lowest BCUT2D eigenvalue weighted by Crippen LogP contribution is -2.60. The average molecular weight is 577 g/mol. The fourth-order valence-corrected chi connectivity index (χ4v) is 10.8. The summed E-state index contributed by atoms with van der Waals surface area (Å²) in [6, 6.07) is 0. The lowest BCUT2D eigenvalue weighted by Gasteiger charge is -2.58. The van der Waals surface area contributed by atoms with Crippen LogP contribution in [0.25, 0.3) is 0 Å². The van der Waals surface area contributed by atoms with Gasteiger partial charge in [0, 0.05) is 0 Å². The van der Waals surface area contributed by atoms with Crippen molar-refractivity contribution in [2.24, 2.45) is 52.3 Å². The zero-order chi connectivity index (χ0) is 29.7. The lowest BCUT2D eigenvalue weighted by molar-refractivity contribution is -0.313. The first-order chi connectivity index (χ1) is 19.4. The predicted octanol–water partition coefficient (Wildman–Crippen LogP) is 5.85. The molecule has 1 heterocycles. The van der Waals surface area contributed by atoms with Crippen LogP contribution in [-0.2, 0) is 9.47 Å². The van der Waals surface area contributed by atoms with E-state index in [-0.39, 0.29) is 11.5 Å². The number of rotatable bonds is 9. The maximum Gasteiger partial charge on any atom is 0.186 e. The van der Waals surface area contributed by atoms with Gasteiger partial charge in [-0.15, -0.1) is 0 Å². The average Bonchev–Trinajstić information content (AvgIpc) is 3.30. The minimum atomic E-state index is -1.40. The van der Waals surface area contributed by atoms with Gasteiger partial charge in [-0.2, -0.15) is 0 Å². The second kappa shape index (κ2) is 12.5. The van der Waals surface area contributed by atoms with Crippen molar-refractivity contribution in [3.05, 3.63) is 11.6 Å². The second-order valence-corrected chi connectivity index (χ2v) is 15.7. The number of hydrogen-bond acceptors (Lipinski definition) is 6. The fourth-order valence-electron chi connectivity index (χ4n) is 10.8. The van der Waals surface area contributed by atoms with Gasteiger partial charge in [-0.3, -0.25) is 0 Å². The van der Waals surface area contributed by atoms with E-state index >= 15 is 0 Å². The van der Waals surface area contributed by atoms with E-state index in [0.29, 0.717) is 5.41 Å². The molecule has 5 aliphatic rings. The van der Waals surface area contributed by atoms with Gasteiger partial charge in [-0.1, -0.05) is 66.0 Å². The first-order valence-electron chi connectivity index (χ1n) is 17.1. The largest absolute Gasteiger partial charge is 0.394 e. The molecular formula is C35H60O6. The zero-order valence-corrected chi connectivity index (χ0v) is 26.7. The zero-order valence-electron chi connectivity index (χ0n) is 26.7. The third-order valence-corrected chi connectivity index (χ3v) is 13.5. The molecule has 0 amide bonds. The van der Waals surface area contributed by atoms with E-state index < -0.39 is 37.3 Å². The van der Waals surface area contributed by atoms with Crippen molar-refractivity contribution in [3.63, 3.8) is 0 Å². The van der Waals surface area contributed by atoms with Gasteiger partial charge >= 0.3 is 0 Å². The Hall–Kier alpha value is -0.500. The molecule has 6 heteroatoms. The van der Waals surface area contributed by atoms with Crippen LogP contribution in [0, 0.1) is 52.3 Å². The van der Waals surface area contributed by atoms with Crippen molar-refractivity contribution in [1.29, 1.82) is 0 Å². The van der Waals surface area contributed by atoms with Crippen LogP contribution in [-0.4, -0.2) is 63.8 Å². The Morgan fingerprint density at radius 1 is 0.951 bits per heavy atom. The summed E-state index contributed by atoms with van der Waals surface area (Å²) in [5.41, 5.74) is 2.19. The topological polar surface area (TPSA) is 99.4 Å². The van der Waals surface area contributed by atoms with Gasteiger partial charge in [0.15, 0.2) is 6.29 Å². The van der Waals surface area contributed by atoms with Crippen molar-refractivity contribution in [1.82, 2.24) is 0 Å². The SMILES string of the molecule is CC[C@H](CC[C@@H](C)[C@H]1CC[C@H]2[C@@H]3CC=C4C[C@@H](O[C@@H]5OC(CO)[C@@H](O)[C@H](O)C5O)CC[C@]4(C)[C@H]3CC[C@]12C)C(C)C. The minimum Gasteiger partial charge on any atom is -0.394 e.